The van der Waals surface area contributed by atoms with Crippen molar-refractivity contribution in [1.82, 2.24) is 0 Å². The van der Waals surface area contributed by atoms with Crippen molar-refractivity contribution in [2.75, 3.05) is 20.3 Å². The van der Waals surface area contributed by atoms with Crippen molar-refractivity contribution in [2.24, 2.45) is 0 Å². The summed E-state index contributed by atoms with van der Waals surface area (Å²) in [5, 5.41) is 2.52. The predicted octanol–water partition coefficient (Wildman–Crippen LogP) is 4.72. The zero-order chi connectivity index (χ0) is 17.9. The van der Waals surface area contributed by atoms with Crippen LogP contribution < -0.4 is 9.47 Å². The van der Waals surface area contributed by atoms with Gasteiger partial charge in [-0.05, 0) is 65.4 Å². The first-order chi connectivity index (χ1) is 12.7. The van der Waals surface area contributed by atoms with Gasteiger partial charge in [0.15, 0.2) is 0 Å². The van der Waals surface area contributed by atoms with Gasteiger partial charge in [0.2, 0.25) is 0 Å². The van der Waals surface area contributed by atoms with E-state index in [0.29, 0.717) is 13.2 Å². The van der Waals surface area contributed by atoms with Crippen LogP contribution in [0.4, 0.5) is 0 Å². The molecule has 1 fully saturated rings. The molecule has 0 amide bonds. The van der Waals surface area contributed by atoms with Gasteiger partial charge in [-0.1, -0.05) is 36.4 Å². The normalized spacial score (nSPS) is 14.2. The third-order valence-electron chi connectivity index (χ3n) is 5.12. The van der Waals surface area contributed by atoms with E-state index in [1.165, 1.54) is 27.5 Å². The van der Waals surface area contributed by atoms with Crippen molar-refractivity contribution in [3.8, 4) is 11.5 Å². The molecule has 0 bridgehead atoms. The van der Waals surface area contributed by atoms with Crippen LogP contribution in [0.2, 0.25) is 0 Å². The number of hydrogen-bond donors (Lipinski definition) is 0. The lowest BCUT2D eigenvalue weighted by Crippen LogP contribution is -2.38. The number of methoxy groups -OCH3 is 1. The van der Waals surface area contributed by atoms with E-state index >= 15 is 0 Å². The maximum absolute atomic E-state index is 6.04. The van der Waals surface area contributed by atoms with Crippen LogP contribution in [0.3, 0.4) is 0 Å². The van der Waals surface area contributed by atoms with Gasteiger partial charge in [0, 0.05) is 0 Å². The highest BCUT2D eigenvalue weighted by Gasteiger charge is 2.21. The molecule has 3 aromatic rings. The third-order valence-corrected chi connectivity index (χ3v) is 5.12. The highest BCUT2D eigenvalue weighted by molar-refractivity contribution is 5.87. The first-order valence-corrected chi connectivity index (χ1v) is 9.13. The summed E-state index contributed by atoms with van der Waals surface area (Å²) in [5.74, 6) is 1.89. The highest BCUT2D eigenvalue weighted by atomic mass is 16.6. The molecule has 0 radical (unpaired) electrons. The molecular formula is C23H24O3. The number of hydrogen-bond acceptors (Lipinski definition) is 3. The predicted molar refractivity (Wildman–Crippen MR) is 104 cm³/mol. The molecule has 3 aromatic carbocycles. The Morgan fingerprint density at radius 1 is 0.962 bits per heavy atom. The highest BCUT2D eigenvalue weighted by Crippen LogP contribution is 2.29. The SMILES string of the molecule is COc1cc(CCc2cccc(OC3COC3)c2C)c2ccccc2c1. The summed E-state index contributed by atoms with van der Waals surface area (Å²) in [4.78, 5) is 0. The Bertz CT molecular complexity index is 912. The largest absolute Gasteiger partial charge is 0.497 e. The molecule has 0 aliphatic carbocycles. The molecule has 3 heteroatoms. The van der Waals surface area contributed by atoms with Gasteiger partial charge in [0.25, 0.3) is 0 Å². The lowest BCUT2D eigenvalue weighted by Gasteiger charge is -2.27. The molecule has 26 heavy (non-hydrogen) atoms. The Morgan fingerprint density at radius 2 is 1.77 bits per heavy atom. The molecule has 0 spiro atoms. The lowest BCUT2D eigenvalue weighted by molar-refractivity contribution is -0.0799. The average Bonchev–Trinajstić information content (AvgIpc) is 2.64. The van der Waals surface area contributed by atoms with Crippen molar-refractivity contribution >= 4 is 10.8 Å². The van der Waals surface area contributed by atoms with Crippen LogP contribution in [0.15, 0.2) is 54.6 Å². The standard InChI is InChI=1S/C23H24O3/c1-16-17(7-5-9-23(16)26-21-14-25-15-21)10-11-19-13-20(24-2)12-18-6-3-4-8-22(18)19/h3-9,12-13,21H,10-11,14-15H2,1-2H3. The van der Waals surface area contributed by atoms with Crippen molar-refractivity contribution in [2.45, 2.75) is 25.9 Å². The van der Waals surface area contributed by atoms with Gasteiger partial charge in [-0.15, -0.1) is 0 Å². The van der Waals surface area contributed by atoms with E-state index in [1.54, 1.807) is 7.11 Å². The minimum atomic E-state index is 0.200. The van der Waals surface area contributed by atoms with Crippen molar-refractivity contribution in [3.63, 3.8) is 0 Å². The first-order valence-electron chi connectivity index (χ1n) is 9.13. The summed E-state index contributed by atoms with van der Waals surface area (Å²) < 4.78 is 16.7. The zero-order valence-electron chi connectivity index (χ0n) is 15.3. The van der Waals surface area contributed by atoms with Gasteiger partial charge in [-0.3, -0.25) is 0 Å². The van der Waals surface area contributed by atoms with E-state index in [9.17, 15) is 0 Å². The average molecular weight is 348 g/mol. The summed E-state index contributed by atoms with van der Waals surface area (Å²) in [7, 11) is 1.73. The van der Waals surface area contributed by atoms with Crippen molar-refractivity contribution in [1.29, 1.82) is 0 Å². The molecule has 0 N–H and O–H groups in total. The molecule has 1 aliphatic heterocycles. The van der Waals surface area contributed by atoms with Gasteiger partial charge in [-0.2, -0.15) is 0 Å². The molecule has 1 heterocycles. The fraction of sp³-hybridized carbons (Fsp3) is 0.304. The molecule has 1 aliphatic rings. The van der Waals surface area contributed by atoms with Crippen LogP contribution in [0.1, 0.15) is 16.7 Å². The maximum Gasteiger partial charge on any atom is 0.145 e. The number of ether oxygens (including phenoxy) is 3. The van der Waals surface area contributed by atoms with E-state index in [0.717, 1.165) is 24.3 Å². The van der Waals surface area contributed by atoms with E-state index in [4.69, 9.17) is 14.2 Å². The summed E-state index contributed by atoms with van der Waals surface area (Å²) in [6, 6.07) is 19.1. The molecule has 0 unspecified atom stereocenters. The van der Waals surface area contributed by atoms with Crippen molar-refractivity contribution in [3.05, 3.63) is 71.3 Å². The third kappa shape index (κ3) is 3.40. The van der Waals surface area contributed by atoms with Crippen LogP contribution in [-0.2, 0) is 17.6 Å². The maximum atomic E-state index is 6.04. The second kappa shape index (κ2) is 7.38. The minimum Gasteiger partial charge on any atom is -0.497 e. The monoisotopic (exact) mass is 348 g/mol. The molecule has 0 saturated carbocycles. The van der Waals surface area contributed by atoms with Crippen LogP contribution in [-0.4, -0.2) is 26.4 Å². The van der Waals surface area contributed by atoms with Gasteiger partial charge in [0.1, 0.15) is 17.6 Å². The summed E-state index contributed by atoms with van der Waals surface area (Å²) in [5.41, 5.74) is 3.87. The van der Waals surface area contributed by atoms with Crippen molar-refractivity contribution < 1.29 is 14.2 Å². The van der Waals surface area contributed by atoms with E-state index in [2.05, 4.69) is 61.5 Å². The number of benzene rings is 3. The Balaban J connectivity index is 1.57. The van der Waals surface area contributed by atoms with E-state index in [1.807, 2.05) is 0 Å². The lowest BCUT2D eigenvalue weighted by atomic mass is 9.96. The molecule has 0 aromatic heterocycles. The van der Waals surface area contributed by atoms with E-state index in [-0.39, 0.29) is 6.10 Å². The van der Waals surface area contributed by atoms with Crippen LogP contribution in [0.5, 0.6) is 11.5 Å². The van der Waals surface area contributed by atoms with Gasteiger partial charge in [0.05, 0.1) is 20.3 Å². The Hall–Kier alpha value is -2.52. The quantitative estimate of drug-likeness (QED) is 0.645. The topological polar surface area (TPSA) is 27.7 Å². The van der Waals surface area contributed by atoms with Gasteiger partial charge in [-0.25, -0.2) is 0 Å². The fourth-order valence-corrected chi connectivity index (χ4v) is 3.47. The number of fused-ring (bicyclic) bond motifs is 1. The van der Waals surface area contributed by atoms with Crippen LogP contribution in [0.25, 0.3) is 10.8 Å². The molecule has 4 rings (SSSR count). The summed E-state index contributed by atoms with van der Waals surface area (Å²) >= 11 is 0. The zero-order valence-corrected chi connectivity index (χ0v) is 15.3. The second-order valence-electron chi connectivity index (χ2n) is 6.83. The minimum absolute atomic E-state index is 0.200. The summed E-state index contributed by atoms with van der Waals surface area (Å²) in [6.45, 7) is 3.53. The van der Waals surface area contributed by atoms with Crippen LogP contribution in [0, 0.1) is 6.92 Å². The number of rotatable bonds is 6. The van der Waals surface area contributed by atoms with Crippen LogP contribution >= 0.6 is 0 Å². The Kier molecular flexibility index (Phi) is 4.81. The molecule has 0 atom stereocenters. The number of aryl methyl sites for hydroxylation is 2. The molecular weight excluding hydrogens is 324 g/mol. The Labute approximate surface area is 154 Å². The van der Waals surface area contributed by atoms with Gasteiger partial charge >= 0.3 is 0 Å². The second-order valence-corrected chi connectivity index (χ2v) is 6.83. The smallest absolute Gasteiger partial charge is 0.145 e. The Morgan fingerprint density at radius 3 is 2.54 bits per heavy atom. The molecule has 134 valence electrons. The first kappa shape index (κ1) is 16.9. The van der Waals surface area contributed by atoms with Gasteiger partial charge < -0.3 is 14.2 Å². The molecule has 1 saturated heterocycles. The van der Waals surface area contributed by atoms with E-state index < -0.39 is 0 Å². The fourth-order valence-electron chi connectivity index (χ4n) is 3.47. The molecule has 3 nitrogen and oxygen atoms in total. The summed E-state index contributed by atoms with van der Waals surface area (Å²) in [6.07, 6.45) is 2.14.